The van der Waals surface area contributed by atoms with E-state index in [1.54, 1.807) is 9.80 Å². The first-order chi connectivity index (χ1) is 13.0. The number of quaternary nitrogens is 1. The molecular formula is C21H35N4O2+. The Morgan fingerprint density at radius 2 is 1.81 bits per heavy atom. The quantitative estimate of drug-likeness (QED) is 0.543. The maximum atomic E-state index is 12.3. The van der Waals surface area contributed by atoms with Crippen molar-refractivity contribution in [1.29, 1.82) is 0 Å². The van der Waals surface area contributed by atoms with Gasteiger partial charge >= 0.3 is 6.03 Å². The van der Waals surface area contributed by atoms with Crippen LogP contribution >= 0.6 is 0 Å². The van der Waals surface area contributed by atoms with E-state index in [-0.39, 0.29) is 18.0 Å². The SMILES string of the molecule is CCC[NH+](CCC)CCCNC(=O)N[C@H]1CC(=O)N(c2ccc(C)cc2)C1. The van der Waals surface area contributed by atoms with Crippen LogP contribution in [0.2, 0.25) is 0 Å². The third-order valence-corrected chi connectivity index (χ3v) is 5.01. The highest BCUT2D eigenvalue weighted by Gasteiger charge is 2.31. The van der Waals surface area contributed by atoms with Crippen molar-refractivity contribution in [3.05, 3.63) is 29.8 Å². The van der Waals surface area contributed by atoms with E-state index in [4.69, 9.17) is 0 Å². The molecule has 2 rings (SSSR count). The number of rotatable bonds is 10. The summed E-state index contributed by atoms with van der Waals surface area (Å²) >= 11 is 0. The summed E-state index contributed by atoms with van der Waals surface area (Å²) in [5, 5.41) is 5.87. The Labute approximate surface area is 163 Å². The van der Waals surface area contributed by atoms with Crippen molar-refractivity contribution in [2.24, 2.45) is 0 Å². The summed E-state index contributed by atoms with van der Waals surface area (Å²) in [6.45, 7) is 11.1. The molecule has 3 amide bonds. The number of hydrogen-bond donors (Lipinski definition) is 3. The summed E-state index contributed by atoms with van der Waals surface area (Å²) in [6, 6.07) is 7.59. The Morgan fingerprint density at radius 1 is 1.15 bits per heavy atom. The summed E-state index contributed by atoms with van der Waals surface area (Å²) < 4.78 is 0. The van der Waals surface area contributed by atoms with Crippen molar-refractivity contribution in [1.82, 2.24) is 10.6 Å². The predicted octanol–water partition coefficient (Wildman–Crippen LogP) is 1.49. The molecule has 0 aromatic heterocycles. The number of nitrogens with one attached hydrogen (secondary N) is 3. The fraction of sp³-hybridized carbons (Fsp3) is 0.619. The number of anilines is 1. The average molecular weight is 376 g/mol. The lowest BCUT2D eigenvalue weighted by Gasteiger charge is -2.19. The van der Waals surface area contributed by atoms with Crippen LogP contribution in [0.1, 0.15) is 45.1 Å². The van der Waals surface area contributed by atoms with Gasteiger partial charge in [-0.05, 0) is 31.9 Å². The Balaban J connectivity index is 1.70. The number of carbonyl (C=O) groups is 2. The van der Waals surface area contributed by atoms with Gasteiger partial charge in [0.1, 0.15) is 0 Å². The second kappa shape index (κ2) is 10.9. The van der Waals surface area contributed by atoms with Crippen molar-refractivity contribution >= 4 is 17.6 Å². The Hall–Kier alpha value is -2.08. The van der Waals surface area contributed by atoms with Gasteiger partial charge in [-0.2, -0.15) is 0 Å². The van der Waals surface area contributed by atoms with Crippen LogP contribution in [0.15, 0.2) is 24.3 Å². The maximum Gasteiger partial charge on any atom is 0.315 e. The molecule has 0 bridgehead atoms. The van der Waals surface area contributed by atoms with E-state index < -0.39 is 0 Å². The van der Waals surface area contributed by atoms with Crippen LogP contribution in [-0.2, 0) is 4.79 Å². The van der Waals surface area contributed by atoms with E-state index >= 15 is 0 Å². The van der Waals surface area contributed by atoms with Crippen LogP contribution in [0.3, 0.4) is 0 Å². The van der Waals surface area contributed by atoms with Gasteiger partial charge in [-0.25, -0.2) is 4.79 Å². The Kier molecular flexibility index (Phi) is 8.58. The topological polar surface area (TPSA) is 65.9 Å². The third-order valence-electron chi connectivity index (χ3n) is 5.01. The minimum atomic E-state index is -0.175. The predicted molar refractivity (Wildman–Crippen MR) is 109 cm³/mol. The summed E-state index contributed by atoms with van der Waals surface area (Å²) in [6.07, 6.45) is 3.71. The van der Waals surface area contributed by atoms with E-state index in [2.05, 4.69) is 24.5 Å². The molecule has 6 heteroatoms. The lowest BCUT2D eigenvalue weighted by atomic mass is 10.2. The maximum absolute atomic E-state index is 12.3. The molecule has 1 fully saturated rings. The first-order valence-corrected chi connectivity index (χ1v) is 10.3. The van der Waals surface area contributed by atoms with Crippen LogP contribution in [0.4, 0.5) is 10.5 Å². The van der Waals surface area contributed by atoms with E-state index in [1.165, 1.54) is 25.9 Å². The van der Waals surface area contributed by atoms with Crippen molar-refractivity contribution in [3.63, 3.8) is 0 Å². The molecule has 1 aromatic rings. The molecule has 1 aliphatic rings. The molecule has 27 heavy (non-hydrogen) atoms. The molecule has 150 valence electrons. The van der Waals surface area contributed by atoms with Crippen LogP contribution < -0.4 is 20.4 Å². The molecule has 1 heterocycles. The van der Waals surface area contributed by atoms with Gasteiger partial charge < -0.3 is 20.4 Å². The summed E-state index contributed by atoms with van der Waals surface area (Å²) in [7, 11) is 0. The van der Waals surface area contributed by atoms with Gasteiger partial charge in [-0.15, -0.1) is 0 Å². The van der Waals surface area contributed by atoms with Crippen molar-refractivity contribution in [2.45, 2.75) is 52.5 Å². The molecule has 1 saturated heterocycles. The Morgan fingerprint density at radius 3 is 2.44 bits per heavy atom. The number of urea groups is 1. The van der Waals surface area contributed by atoms with Crippen LogP contribution in [0.5, 0.6) is 0 Å². The van der Waals surface area contributed by atoms with E-state index in [0.717, 1.165) is 24.2 Å². The highest BCUT2D eigenvalue weighted by Crippen LogP contribution is 2.21. The number of carbonyl (C=O) groups excluding carboxylic acids is 2. The molecule has 1 atom stereocenters. The van der Waals surface area contributed by atoms with Crippen LogP contribution in [-0.4, -0.2) is 50.7 Å². The second-order valence-electron chi connectivity index (χ2n) is 7.49. The van der Waals surface area contributed by atoms with E-state index in [1.807, 2.05) is 31.2 Å². The molecule has 6 nitrogen and oxygen atoms in total. The average Bonchev–Trinajstić information content (AvgIpc) is 2.99. The van der Waals surface area contributed by atoms with Crippen molar-refractivity contribution < 1.29 is 14.5 Å². The third kappa shape index (κ3) is 6.86. The molecule has 0 aliphatic carbocycles. The molecule has 0 spiro atoms. The molecule has 0 radical (unpaired) electrons. The fourth-order valence-corrected chi connectivity index (χ4v) is 3.64. The molecule has 0 saturated carbocycles. The van der Waals surface area contributed by atoms with Gasteiger partial charge in [-0.3, -0.25) is 4.79 Å². The van der Waals surface area contributed by atoms with E-state index in [0.29, 0.717) is 19.5 Å². The monoisotopic (exact) mass is 375 g/mol. The van der Waals surface area contributed by atoms with Crippen LogP contribution in [0, 0.1) is 6.92 Å². The normalized spacial score (nSPS) is 16.8. The number of nitrogens with zero attached hydrogens (tertiary/aromatic N) is 1. The first-order valence-electron chi connectivity index (χ1n) is 10.3. The van der Waals surface area contributed by atoms with Gasteiger partial charge in [-0.1, -0.05) is 31.5 Å². The number of benzene rings is 1. The second-order valence-corrected chi connectivity index (χ2v) is 7.49. The smallest absolute Gasteiger partial charge is 0.315 e. The fourth-order valence-electron chi connectivity index (χ4n) is 3.64. The molecule has 3 N–H and O–H groups in total. The largest absolute Gasteiger partial charge is 0.338 e. The molecule has 1 aliphatic heterocycles. The van der Waals surface area contributed by atoms with Gasteiger partial charge in [0.15, 0.2) is 0 Å². The van der Waals surface area contributed by atoms with E-state index in [9.17, 15) is 9.59 Å². The zero-order valence-electron chi connectivity index (χ0n) is 17.0. The minimum Gasteiger partial charge on any atom is -0.338 e. The first kappa shape index (κ1) is 21.2. The minimum absolute atomic E-state index is 0.0579. The zero-order chi connectivity index (χ0) is 19.6. The number of amides is 3. The lowest BCUT2D eigenvalue weighted by Crippen LogP contribution is -3.12. The summed E-state index contributed by atoms with van der Waals surface area (Å²) in [5.41, 5.74) is 2.06. The summed E-state index contributed by atoms with van der Waals surface area (Å²) in [4.78, 5) is 27.8. The lowest BCUT2D eigenvalue weighted by molar-refractivity contribution is -0.900. The van der Waals surface area contributed by atoms with Gasteiger partial charge in [0.25, 0.3) is 0 Å². The molecule has 1 aromatic carbocycles. The highest BCUT2D eigenvalue weighted by atomic mass is 16.2. The zero-order valence-corrected chi connectivity index (χ0v) is 17.0. The Bertz CT molecular complexity index is 597. The van der Waals surface area contributed by atoms with Crippen LogP contribution in [0.25, 0.3) is 0 Å². The number of aryl methyl sites for hydroxylation is 1. The highest BCUT2D eigenvalue weighted by molar-refractivity contribution is 5.96. The molecule has 0 unspecified atom stereocenters. The van der Waals surface area contributed by atoms with Gasteiger partial charge in [0.05, 0.1) is 25.7 Å². The standard InChI is InChI=1S/C21H34N4O2/c1-4-12-24(13-5-2)14-6-11-22-21(27)23-18-15-20(26)25(16-18)19-9-7-17(3)8-10-19/h7-10,18H,4-6,11-16H2,1-3H3,(H2,22,23,27)/p+1/t18-/m0/s1. The van der Waals surface area contributed by atoms with Gasteiger partial charge in [0, 0.05) is 31.6 Å². The van der Waals surface area contributed by atoms with Crippen molar-refractivity contribution in [3.8, 4) is 0 Å². The van der Waals surface area contributed by atoms with Crippen molar-refractivity contribution in [2.75, 3.05) is 37.6 Å². The molecular weight excluding hydrogens is 340 g/mol. The summed E-state index contributed by atoms with van der Waals surface area (Å²) in [5.74, 6) is 0.0579. The number of hydrogen-bond acceptors (Lipinski definition) is 2. The van der Waals surface area contributed by atoms with Gasteiger partial charge in [0.2, 0.25) is 5.91 Å².